The summed E-state index contributed by atoms with van der Waals surface area (Å²) in [4.78, 5) is 28.2. The zero-order chi connectivity index (χ0) is 24.9. The molecular formula is C24H21F3N6O2. The summed E-state index contributed by atoms with van der Waals surface area (Å²) in [5.74, 6) is -0.874. The Hall–Kier alpha value is -4.02. The van der Waals surface area contributed by atoms with Crippen LogP contribution in [0, 0.1) is 13.8 Å². The fourth-order valence-corrected chi connectivity index (χ4v) is 4.64. The van der Waals surface area contributed by atoms with Crippen molar-refractivity contribution in [1.29, 1.82) is 0 Å². The van der Waals surface area contributed by atoms with Crippen LogP contribution in [0.2, 0.25) is 0 Å². The molecule has 180 valence electrons. The third-order valence-corrected chi connectivity index (χ3v) is 6.28. The molecule has 0 N–H and O–H groups in total. The molecule has 0 bridgehead atoms. The summed E-state index contributed by atoms with van der Waals surface area (Å²) < 4.78 is 42.6. The van der Waals surface area contributed by atoms with Crippen LogP contribution >= 0.6 is 0 Å². The van der Waals surface area contributed by atoms with Gasteiger partial charge in [0, 0.05) is 12.7 Å². The van der Waals surface area contributed by atoms with Gasteiger partial charge in [0.25, 0.3) is 11.7 Å². The van der Waals surface area contributed by atoms with Crippen molar-refractivity contribution in [2.75, 3.05) is 6.54 Å². The van der Waals surface area contributed by atoms with Crippen LogP contribution in [0.1, 0.15) is 52.0 Å². The van der Waals surface area contributed by atoms with Crippen LogP contribution in [0.5, 0.6) is 0 Å². The Morgan fingerprint density at radius 1 is 1.06 bits per heavy atom. The van der Waals surface area contributed by atoms with Gasteiger partial charge in [-0.3, -0.25) is 14.0 Å². The molecule has 1 fully saturated rings. The quantitative estimate of drug-likeness (QED) is 0.323. The summed E-state index contributed by atoms with van der Waals surface area (Å²) in [5.41, 5.74) is 0.616. The monoisotopic (exact) mass is 482 g/mol. The number of fused-ring (bicyclic) bond motifs is 1. The highest BCUT2D eigenvalue weighted by molar-refractivity contribution is 6.43. The molecule has 1 saturated heterocycles. The number of nitrogens with zero attached hydrogens (tertiary/aromatic N) is 6. The molecule has 8 nitrogen and oxygen atoms in total. The second kappa shape index (κ2) is 8.33. The maximum absolute atomic E-state index is 13.4. The molecule has 1 amide bonds. The Morgan fingerprint density at radius 2 is 1.86 bits per heavy atom. The van der Waals surface area contributed by atoms with Gasteiger partial charge in [-0.15, -0.1) is 10.2 Å². The number of aromatic nitrogens is 5. The minimum absolute atomic E-state index is 0.0872. The first-order chi connectivity index (χ1) is 16.7. The zero-order valence-corrected chi connectivity index (χ0v) is 19.0. The van der Waals surface area contributed by atoms with Crippen molar-refractivity contribution in [2.24, 2.45) is 0 Å². The fraction of sp³-hybridized carbons (Fsp3) is 0.292. The number of carbonyl (C=O) groups is 2. The molecule has 1 aromatic carbocycles. The Balaban J connectivity index is 1.47. The molecule has 4 aromatic rings. The summed E-state index contributed by atoms with van der Waals surface area (Å²) in [6.45, 7) is 3.51. The lowest BCUT2D eigenvalue weighted by atomic mass is 10.1. The summed E-state index contributed by atoms with van der Waals surface area (Å²) >= 11 is 0. The lowest BCUT2D eigenvalue weighted by molar-refractivity contribution is -0.137. The van der Waals surface area contributed by atoms with E-state index in [-0.39, 0.29) is 16.9 Å². The second-order valence-electron chi connectivity index (χ2n) is 8.48. The van der Waals surface area contributed by atoms with Crippen molar-refractivity contribution >= 4 is 17.3 Å². The molecule has 1 aliphatic rings. The Morgan fingerprint density at radius 3 is 2.63 bits per heavy atom. The van der Waals surface area contributed by atoms with Crippen molar-refractivity contribution in [1.82, 2.24) is 29.3 Å². The smallest absolute Gasteiger partial charge is 0.326 e. The van der Waals surface area contributed by atoms with E-state index in [0.717, 1.165) is 12.1 Å². The minimum atomic E-state index is -4.52. The molecule has 1 atom stereocenters. The van der Waals surface area contributed by atoms with Crippen molar-refractivity contribution in [3.05, 3.63) is 77.0 Å². The Bertz CT molecular complexity index is 1460. The first kappa shape index (κ1) is 22.8. The van der Waals surface area contributed by atoms with E-state index in [2.05, 4.69) is 15.3 Å². The molecule has 1 aliphatic heterocycles. The molecule has 4 heterocycles. The van der Waals surface area contributed by atoms with E-state index in [0.29, 0.717) is 36.6 Å². The average Bonchev–Trinajstić information content (AvgIpc) is 3.54. The van der Waals surface area contributed by atoms with Gasteiger partial charge in [-0.25, -0.2) is 4.68 Å². The van der Waals surface area contributed by atoms with Crippen molar-refractivity contribution in [2.45, 2.75) is 38.9 Å². The van der Waals surface area contributed by atoms with Gasteiger partial charge in [-0.05, 0) is 57.0 Å². The highest BCUT2D eigenvalue weighted by atomic mass is 19.4. The lowest BCUT2D eigenvalue weighted by Gasteiger charge is -2.22. The van der Waals surface area contributed by atoms with Crippen LogP contribution in [-0.2, 0) is 11.0 Å². The van der Waals surface area contributed by atoms with Crippen LogP contribution in [0.15, 0.2) is 48.7 Å². The van der Waals surface area contributed by atoms with E-state index < -0.39 is 29.5 Å². The number of pyridine rings is 1. The van der Waals surface area contributed by atoms with Crippen LogP contribution < -0.4 is 0 Å². The number of aryl methyl sites for hydroxylation is 1. The number of rotatable bonds is 4. The summed E-state index contributed by atoms with van der Waals surface area (Å²) in [6, 6.07) is 9.73. The molecule has 5 rings (SSSR count). The Labute approximate surface area is 198 Å². The molecular weight excluding hydrogens is 461 g/mol. The van der Waals surface area contributed by atoms with Crippen LogP contribution in [-0.4, -0.2) is 47.5 Å². The molecule has 0 saturated carbocycles. The number of Topliss-reactive ketones (excluding diaryl/α,β-unsaturated/α-hetero) is 1. The van der Waals surface area contributed by atoms with Crippen LogP contribution in [0.3, 0.4) is 0 Å². The Kier molecular flexibility index (Phi) is 5.42. The summed E-state index contributed by atoms with van der Waals surface area (Å²) in [6.07, 6.45) is -1.37. The average molecular weight is 482 g/mol. The number of likely N-dealkylation sites (tertiary alicyclic amines) is 1. The molecule has 1 unspecified atom stereocenters. The highest BCUT2D eigenvalue weighted by Crippen LogP contribution is 2.33. The third-order valence-electron chi connectivity index (χ3n) is 6.28. The first-order valence-electron chi connectivity index (χ1n) is 11.1. The number of amides is 1. The number of ketones is 1. The van der Waals surface area contributed by atoms with Gasteiger partial charge >= 0.3 is 6.18 Å². The van der Waals surface area contributed by atoms with Gasteiger partial charge in [0.1, 0.15) is 0 Å². The molecule has 0 aliphatic carbocycles. The van der Waals surface area contributed by atoms with Gasteiger partial charge < -0.3 is 4.90 Å². The maximum atomic E-state index is 13.4. The largest absolute Gasteiger partial charge is 0.416 e. The van der Waals surface area contributed by atoms with Gasteiger partial charge in [0.05, 0.1) is 34.2 Å². The summed E-state index contributed by atoms with van der Waals surface area (Å²) in [5, 5.41) is 12.7. The molecule has 3 aromatic heterocycles. The van der Waals surface area contributed by atoms with E-state index in [4.69, 9.17) is 0 Å². The lowest BCUT2D eigenvalue weighted by Crippen LogP contribution is -2.37. The van der Waals surface area contributed by atoms with E-state index in [1.165, 1.54) is 21.7 Å². The van der Waals surface area contributed by atoms with Gasteiger partial charge in [-0.1, -0.05) is 12.1 Å². The van der Waals surface area contributed by atoms with Crippen molar-refractivity contribution in [3.63, 3.8) is 0 Å². The fourth-order valence-electron chi connectivity index (χ4n) is 4.64. The standard InChI is InChI=1S/C24H21F3N6O2/c1-14-20(15(2)33(30-14)17-8-5-7-16(13-17)24(25,26)27)21(34)23(35)31-12-6-9-18(31)22-29-28-19-10-3-4-11-32(19)22/h3-5,7-8,10-11,13,18H,6,9,12H2,1-2H3. The topological polar surface area (TPSA) is 85.4 Å². The SMILES string of the molecule is Cc1nn(-c2cccc(C(F)(F)F)c2)c(C)c1C(=O)C(=O)N1CCCC1c1nnc2ccccn12. The number of halogens is 3. The first-order valence-corrected chi connectivity index (χ1v) is 11.1. The third kappa shape index (κ3) is 3.86. The minimum Gasteiger partial charge on any atom is -0.326 e. The van der Waals surface area contributed by atoms with Gasteiger partial charge in [0.15, 0.2) is 11.5 Å². The number of hydrogen-bond donors (Lipinski definition) is 0. The van der Waals surface area contributed by atoms with Crippen molar-refractivity contribution in [3.8, 4) is 5.69 Å². The van der Waals surface area contributed by atoms with E-state index in [1.54, 1.807) is 30.5 Å². The molecule has 0 radical (unpaired) electrons. The number of benzene rings is 1. The predicted octanol–water partition coefficient (Wildman–Crippen LogP) is 4.10. The van der Waals surface area contributed by atoms with Crippen LogP contribution in [0.4, 0.5) is 13.2 Å². The van der Waals surface area contributed by atoms with E-state index >= 15 is 0 Å². The maximum Gasteiger partial charge on any atom is 0.416 e. The van der Waals surface area contributed by atoms with E-state index in [9.17, 15) is 22.8 Å². The van der Waals surface area contributed by atoms with Gasteiger partial charge in [0.2, 0.25) is 0 Å². The summed E-state index contributed by atoms with van der Waals surface area (Å²) in [7, 11) is 0. The van der Waals surface area contributed by atoms with Crippen LogP contribution in [0.25, 0.3) is 11.3 Å². The number of carbonyl (C=O) groups excluding carboxylic acids is 2. The highest BCUT2D eigenvalue weighted by Gasteiger charge is 2.38. The zero-order valence-electron chi connectivity index (χ0n) is 19.0. The van der Waals surface area contributed by atoms with Crippen molar-refractivity contribution < 1.29 is 22.8 Å². The van der Waals surface area contributed by atoms with E-state index in [1.807, 2.05) is 12.1 Å². The molecule has 35 heavy (non-hydrogen) atoms. The molecule has 11 heteroatoms. The van der Waals surface area contributed by atoms with Gasteiger partial charge in [-0.2, -0.15) is 18.3 Å². The molecule has 0 spiro atoms. The normalized spacial score (nSPS) is 16.3. The predicted molar refractivity (Wildman–Crippen MR) is 119 cm³/mol. The number of hydrogen-bond acceptors (Lipinski definition) is 5. The second-order valence-corrected chi connectivity index (χ2v) is 8.48. The number of alkyl halides is 3.